The molecule has 166 valence electrons. The van der Waals surface area contributed by atoms with Crippen molar-refractivity contribution in [3.63, 3.8) is 0 Å². The van der Waals surface area contributed by atoms with Crippen molar-refractivity contribution in [2.45, 2.75) is 32.2 Å². The van der Waals surface area contributed by atoms with E-state index in [1.807, 2.05) is 25.1 Å². The van der Waals surface area contributed by atoms with Crippen LogP contribution >= 0.6 is 11.3 Å². The molecule has 3 aromatic rings. The van der Waals surface area contributed by atoms with Gasteiger partial charge in [0.1, 0.15) is 12.4 Å². The summed E-state index contributed by atoms with van der Waals surface area (Å²) in [5.74, 6) is 0.156. The molecular weight excluding hydrogens is 440 g/mol. The molecule has 0 unspecified atom stereocenters. The van der Waals surface area contributed by atoms with Crippen LogP contribution in [0.5, 0.6) is 0 Å². The number of aryl methyl sites for hydroxylation is 1. The lowest BCUT2D eigenvalue weighted by Crippen LogP contribution is -2.37. The predicted molar refractivity (Wildman–Crippen MR) is 119 cm³/mol. The Morgan fingerprint density at radius 1 is 1.29 bits per heavy atom. The average Bonchev–Trinajstić information content (AvgIpc) is 3.22. The van der Waals surface area contributed by atoms with Crippen LogP contribution in [0, 0.1) is 6.92 Å². The summed E-state index contributed by atoms with van der Waals surface area (Å²) in [6.07, 6.45) is 2.35. The third kappa shape index (κ3) is 4.55. The van der Waals surface area contributed by atoms with Crippen molar-refractivity contribution in [1.82, 2.24) is 23.6 Å². The van der Waals surface area contributed by atoms with Gasteiger partial charge in [-0.05, 0) is 37.5 Å². The molecule has 0 radical (unpaired) electrons. The van der Waals surface area contributed by atoms with Crippen molar-refractivity contribution in [3.8, 4) is 0 Å². The maximum absolute atomic E-state index is 12.6. The van der Waals surface area contributed by atoms with E-state index in [1.54, 1.807) is 7.05 Å². The van der Waals surface area contributed by atoms with Crippen LogP contribution in [-0.2, 0) is 28.4 Å². The first-order valence-electron chi connectivity index (χ1n) is 9.87. The number of rotatable bonds is 5. The number of fused-ring (bicyclic) bond motifs is 1. The number of carbonyl (C=O) groups excluding carboxylic acids is 1. The van der Waals surface area contributed by atoms with Gasteiger partial charge >= 0.3 is 5.69 Å². The van der Waals surface area contributed by atoms with Gasteiger partial charge in [-0.15, -0.1) is 0 Å². The van der Waals surface area contributed by atoms with Crippen molar-refractivity contribution >= 4 is 42.6 Å². The standard InChI is InChI=1S/C19H24N6O4S2/c1-12-4-5-14-15(10-12)30-18(20-14)21-16(26)11-25-19(27)23(2)17(22-25)13-6-8-24(9-7-13)31(3,28)29/h4-5,10,13H,6-9,11H2,1-3H3,(H,20,21,26). The Bertz CT molecular complexity index is 1300. The number of thiazole rings is 1. The third-order valence-electron chi connectivity index (χ3n) is 5.45. The molecule has 31 heavy (non-hydrogen) atoms. The number of aromatic nitrogens is 4. The van der Waals surface area contributed by atoms with Gasteiger partial charge < -0.3 is 5.32 Å². The van der Waals surface area contributed by atoms with Gasteiger partial charge in [-0.25, -0.2) is 27.2 Å². The first-order chi connectivity index (χ1) is 14.6. The molecule has 1 fully saturated rings. The zero-order chi connectivity index (χ0) is 22.3. The van der Waals surface area contributed by atoms with Crippen molar-refractivity contribution in [2.75, 3.05) is 24.7 Å². The summed E-state index contributed by atoms with van der Waals surface area (Å²) in [4.78, 5) is 29.5. The average molecular weight is 465 g/mol. The first-order valence-corrected chi connectivity index (χ1v) is 12.5. The molecule has 1 N–H and O–H groups in total. The maximum Gasteiger partial charge on any atom is 0.346 e. The van der Waals surface area contributed by atoms with Crippen molar-refractivity contribution in [2.24, 2.45) is 7.05 Å². The van der Waals surface area contributed by atoms with Crippen LogP contribution in [0.15, 0.2) is 23.0 Å². The number of benzene rings is 1. The fourth-order valence-electron chi connectivity index (χ4n) is 3.79. The van der Waals surface area contributed by atoms with E-state index >= 15 is 0 Å². The number of nitrogens with zero attached hydrogens (tertiary/aromatic N) is 5. The Labute approximate surface area is 183 Å². The summed E-state index contributed by atoms with van der Waals surface area (Å²) in [7, 11) is -1.60. The van der Waals surface area contributed by atoms with E-state index in [2.05, 4.69) is 15.4 Å². The second-order valence-electron chi connectivity index (χ2n) is 7.83. The molecule has 0 saturated carbocycles. The number of amides is 1. The van der Waals surface area contributed by atoms with Crippen molar-refractivity contribution in [1.29, 1.82) is 0 Å². The van der Waals surface area contributed by atoms with Crippen LogP contribution in [0.2, 0.25) is 0 Å². The molecule has 0 bridgehead atoms. The van der Waals surface area contributed by atoms with Crippen LogP contribution < -0.4 is 11.0 Å². The SMILES string of the molecule is Cc1ccc2nc(NC(=O)Cn3nc(C4CCN(S(C)(=O)=O)CC4)n(C)c3=O)sc2c1. The molecule has 0 aliphatic carbocycles. The van der Waals surface area contributed by atoms with Gasteiger partial charge in [0.15, 0.2) is 5.13 Å². The summed E-state index contributed by atoms with van der Waals surface area (Å²) >= 11 is 1.38. The van der Waals surface area contributed by atoms with Crippen molar-refractivity contribution < 1.29 is 13.2 Å². The van der Waals surface area contributed by atoms with Gasteiger partial charge in [0, 0.05) is 26.1 Å². The molecular formula is C19H24N6O4S2. The van der Waals surface area contributed by atoms with E-state index in [4.69, 9.17) is 0 Å². The minimum absolute atomic E-state index is 0.0347. The minimum Gasteiger partial charge on any atom is -0.300 e. The highest BCUT2D eigenvalue weighted by Crippen LogP contribution is 2.28. The lowest BCUT2D eigenvalue weighted by atomic mass is 9.97. The van der Waals surface area contributed by atoms with Gasteiger partial charge in [-0.2, -0.15) is 5.10 Å². The Balaban J connectivity index is 1.45. The normalized spacial score (nSPS) is 16.1. The summed E-state index contributed by atoms with van der Waals surface area (Å²) < 4.78 is 28.4. The largest absolute Gasteiger partial charge is 0.346 e. The van der Waals surface area contributed by atoms with E-state index in [0.717, 1.165) is 20.5 Å². The molecule has 10 nitrogen and oxygen atoms in total. The van der Waals surface area contributed by atoms with Crippen LogP contribution in [0.25, 0.3) is 10.2 Å². The van der Waals surface area contributed by atoms with E-state index in [9.17, 15) is 18.0 Å². The first kappa shape index (κ1) is 21.7. The van der Waals surface area contributed by atoms with Crippen LogP contribution in [0.4, 0.5) is 5.13 Å². The van der Waals surface area contributed by atoms with Gasteiger partial charge in [0.25, 0.3) is 0 Å². The van der Waals surface area contributed by atoms with E-state index in [1.165, 1.54) is 26.5 Å². The summed E-state index contributed by atoms with van der Waals surface area (Å²) in [5.41, 5.74) is 1.54. The highest BCUT2D eigenvalue weighted by atomic mass is 32.2. The second-order valence-corrected chi connectivity index (χ2v) is 10.8. The van der Waals surface area contributed by atoms with E-state index < -0.39 is 10.0 Å². The summed E-state index contributed by atoms with van der Waals surface area (Å²) in [5, 5.41) is 7.60. The number of sulfonamides is 1. The highest BCUT2D eigenvalue weighted by molar-refractivity contribution is 7.88. The summed E-state index contributed by atoms with van der Waals surface area (Å²) in [6.45, 7) is 2.56. The quantitative estimate of drug-likeness (QED) is 0.607. The number of piperidine rings is 1. The molecule has 12 heteroatoms. The number of hydrogen-bond acceptors (Lipinski definition) is 7. The lowest BCUT2D eigenvalue weighted by molar-refractivity contribution is -0.117. The molecule has 1 aromatic carbocycles. The number of carbonyl (C=O) groups is 1. The Hall–Kier alpha value is -2.57. The Kier molecular flexibility index (Phi) is 5.71. The molecule has 1 saturated heterocycles. The monoisotopic (exact) mass is 464 g/mol. The van der Waals surface area contributed by atoms with Gasteiger partial charge in [-0.3, -0.25) is 9.36 Å². The van der Waals surface area contributed by atoms with Gasteiger partial charge in [-0.1, -0.05) is 17.4 Å². The molecule has 0 atom stereocenters. The minimum atomic E-state index is -3.22. The van der Waals surface area contributed by atoms with E-state index in [0.29, 0.717) is 36.9 Å². The topological polar surface area (TPSA) is 119 Å². The summed E-state index contributed by atoms with van der Waals surface area (Å²) in [6, 6.07) is 5.87. The zero-order valence-corrected chi connectivity index (χ0v) is 19.2. The maximum atomic E-state index is 12.6. The smallest absolute Gasteiger partial charge is 0.300 e. The Morgan fingerprint density at radius 3 is 2.68 bits per heavy atom. The van der Waals surface area contributed by atoms with Crippen LogP contribution in [0.3, 0.4) is 0 Å². The van der Waals surface area contributed by atoms with Crippen LogP contribution in [-0.4, -0.2) is 57.3 Å². The highest BCUT2D eigenvalue weighted by Gasteiger charge is 2.29. The molecule has 0 spiro atoms. The van der Waals surface area contributed by atoms with E-state index in [-0.39, 0.29) is 24.1 Å². The Morgan fingerprint density at radius 2 is 2.00 bits per heavy atom. The second kappa shape index (κ2) is 8.17. The molecule has 2 aromatic heterocycles. The fourth-order valence-corrected chi connectivity index (χ4v) is 5.64. The molecule has 4 rings (SSSR count). The van der Waals surface area contributed by atoms with Crippen molar-refractivity contribution in [3.05, 3.63) is 40.1 Å². The van der Waals surface area contributed by atoms with Gasteiger partial charge in [0.05, 0.1) is 16.5 Å². The van der Waals surface area contributed by atoms with Gasteiger partial charge in [0.2, 0.25) is 15.9 Å². The molecule has 3 heterocycles. The molecule has 1 aliphatic heterocycles. The lowest BCUT2D eigenvalue weighted by Gasteiger charge is -2.29. The number of hydrogen-bond donors (Lipinski definition) is 1. The molecule has 1 aliphatic rings. The predicted octanol–water partition coefficient (Wildman–Crippen LogP) is 1.28. The fraction of sp³-hybridized carbons (Fsp3) is 0.474. The number of nitrogens with one attached hydrogen (secondary N) is 1. The molecule has 1 amide bonds. The zero-order valence-electron chi connectivity index (χ0n) is 17.5. The number of anilines is 1. The van der Waals surface area contributed by atoms with Crippen LogP contribution in [0.1, 0.15) is 30.1 Å². The third-order valence-corrected chi connectivity index (χ3v) is 7.68.